The highest BCUT2D eigenvalue weighted by molar-refractivity contribution is 5.90. The van der Waals surface area contributed by atoms with E-state index in [1.165, 1.54) is 0 Å². The van der Waals surface area contributed by atoms with Crippen LogP contribution < -0.4 is 0 Å². The second kappa shape index (κ2) is 7.83. The van der Waals surface area contributed by atoms with Crippen LogP contribution in [0.25, 0.3) is 6.08 Å². The van der Waals surface area contributed by atoms with Gasteiger partial charge in [-0.05, 0) is 23.6 Å². The zero-order valence-electron chi connectivity index (χ0n) is 14.3. The quantitative estimate of drug-likeness (QED) is 0.599. The van der Waals surface area contributed by atoms with Crippen LogP contribution in [-0.2, 0) is 16.1 Å². The van der Waals surface area contributed by atoms with E-state index in [1.807, 2.05) is 67.6 Å². The number of β-lactam (4-membered cyclic amide) rings is 1. The first-order chi connectivity index (χ1) is 12.2. The SMILES string of the molecule is C#CCN1C(=O)[C@@H](OCc2ccccc2)[C@H]1/C(C)=C/c1ccccc1. The van der Waals surface area contributed by atoms with Gasteiger partial charge in [0, 0.05) is 0 Å². The van der Waals surface area contributed by atoms with E-state index in [2.05, 4.69) is 12.0 Å². The molecule has 126 valence electrons. The van der Waals surface area contributed by atoms with Crippen LogP contribution in [0.4, 0.5) is 0 Å². The molecular weight excluding hydrogens is 310 g/mol. The fourth-order valence-corrected chi connectivity index (χ4v) is 3.10. The summed E-state index contributed by atoms with van der Waals surface area (Å²) in [5.74, 6) is 2.52. The lowest BCUT2D eigenvalue weighted by atomic mass is 9.90. The highest BCUT2D eigenvalue weighted by Gasteiger charge is 2.48. The number of hydrogen-bond donors (Lipinski definition) is 0. The van der Waals surface area contributed by atoms with Crippen LogP contribution >= 0.6 is 0 Å². The zero-order chi connectivity index (χ0) is 17.6. The number of nitrogens with zero attached hydrogens (tertiary/aromatic N) is 1. The van der Waals surface area contributed by atoms with Crippen LogP contribution in [0.3, 0.4) is 0 Å². The molecule has 0 radical (unpaired) electrons. The highest BCUT2D eigenvalue weighted by Crippen LogP contribution is 2.30. The number of ether oxygens (including phenoxy) is 1. The molecule has 3 rings (SSSR count). The van der Waals surface area contributed by atoms with Crippen molar-refractivity contribution in [3.8, 4) is 12.3 Å². The first-order valence-electron chi connectivity index (χ1n) is 8.33. The van der Waals surface area contributed by atoms with E-state index in [1.54, 1.807) is 4.90 Å². The number of carbonyl (C=O) groups is 1. The van der Waals surface area contributed by atoms with Gasteiger partial charge in [-0.1, -0.05) is 72.7 Å². The largest absolute Gasteiger partial charge is 0.361 e. The Hall–Kier alpha value is -2.83. The van der Waals surface area contributed by atoms with Gasteiger partial charge in [0.2, 0.25) is 0 Å². The van der Waals surface area contributed by atoms with Gasteiger partial charge in [-0.2, -0.15) is 0 Å². The Bertz CT molecular complexity index is 790. The molecular formula is C22H21NO2. The maximum atomic E-state index is 12.4. The second-order valence-electron chi connectivity index (χ2n) is 6.13. The molecule has 0 spiro atoms. The van der Waals surface area contributed by atoms with Crippen molar-refractivity contribution in [1.82, 2.24) is 4.90 Å². The molecule has 1 fully saturated rings. The van der Waals surface area contributed by atoms with Crippen molar-refractivity contribution in [2.45, 2.75) is 25.7 Å². The van der Waals surface area contributed by atoms with Gasteiger partial charge in [0.15, 0.2) is 6.10 Å². The van der Waals surface area contributed by atoms with Crippen molar-refractivity contribution in [3.05, 3.63) is 77.4 Å². The van der Waals surface area contributed by atoms with Gasteiger partial charge in [0.05, 0.1) is 19.2 Å². The molecule has 1 heterocycles. The lowest BCUT2D eigenvalue weighted by Gasteiger charge is -2.46. The zero-order valence-corrected chi connectivity index (χ0v) is 14.3. The molecule has 0 unspecified atom stereocenters. The Morgan fingerprint density at radius 2 is 1.80 bits per heavy atom. The Labute approximate surface area is 148 Å². The van der Waals surface area contributed by atoms with E-state index in [9.17, 15) is 4.79 Å². The highest BCUT2D eigenvalue weighted by atomic mass is 16.5. The predicted octanol–water partition coefficient (Wildman–Crippen LogP) is 3.52. The summed E-state index contributed by atoms with van der Waals surface area (Å²) in [6.45, 7) is 2.73. The summed E-state index contributed by atoms with van der Waals surface area (Å²) in [6.07, 6.45) is 7.03. The number of amides is 1. The standard InChI is InChI=1S/C22H21NO2/c1-3-14-23-20(17(2)15-18-10-6-4-7-11-18)21(22(23)24)25-16-19-12-8-5-9-13-19/h1,4-13,15,20-21H,14,16H2,2H3/b17-15+/t20-,21+/m1/s1. The topological polar surface area (TPSA) is 29.5 Å². The molecule has 3 heteroatoms. The normalized spacial score (nSPS) is 20.1. The fourth-order valence-electron chi connectivity index (χ4n) is 3.10. The van der Waals surface area contributed by atoms with Crippen LogP contribution in [0, 0.1) is 12.3 Å². The van der Waals surface area contributed by atoms with Crippen LogP contribution in [0.15, 0.2) is 66.2 Å². The van der Waals surface area contributed by atoms with E-state index in [4.69, 9.17) is 11.2 Å². The van der Waals surface area contributed by atoms with Crippen molar-refractivity contribution >= 4 is 12.0 Å². The number of carbonyl (C=O) groups excluding carboxylic acids is 1. The van der Waals surface area contributed by atoms with E-state index in [0.717, 1.165) is 16.7 Å². The minimum Gasteiger partial charge on any atom is -0.361 e. The van der Waals surface area contributed by atoms with Crippen LogP contribution in [0.2, 0.25) is 0 Å². The molecule has 0 saturated carbocycles. The summed E-state index contributed by atoms with van der Waals surface area (Å²) >= 11 is 0. The van der Waals surface area contributed by atoms with Gasteiger partial charge in [0.25, 0.3) is 5.91 Å². The van der Waals surface area contributed by atoms with Crippen molar-refractivity contribution < 1.29 is 9.53 Å². The van der Waals surface area contributed by atoms with Crippen LogP contribution in [0.1, 0.15) is 18.1 Å². The van der Waals surface area contributed by atoms with Crippen molar-refractivity contribution in [1.29, 1.82) is 0 Å². The molecule has 3 nitrogen and oxygen atoms in total. The Kier molecular flexibility index (Phi) is 5.33. The van der Waals surface area contributed by atoms with Crippen molar-refractivity contribution in [2.75, 3.05) is 6.54 Å². The summed E-state index contributed by atoms with van der Waals surface area (Å²) in [7, 11) is 0. The average molecular weight is 331 g/mol. The third kappa shape index (κ3) is 3.81. The average Bonchev–Trinajstić information content (AvgIpc) is 2.64. The van der Waals surface area contributed by atoms with Gasteiger partial charge >= 0.3 is 0 Å². The molecule has 2 aromatic carbocycles. The number of terminal acetylenes is 1. The number of benzene rings is 2. The summed E-state index contributed by atoms with van der Waals surface area (Å²) in [4.78, 5) is 14.1. The Morgan fingerprint density at radius 1 is 1.16 bits per heavy atom. The minimum atomic E-state index is -0.478. The Balaban J connectivity index is 1.76. The fraction of sp³-hybridized carbons (Fsp3) is 0.227. The van der Waals surface area contributed by atoms with Crippen LogP contribution in [-0.4, -0.2) is 29.5 Å². The summed E-state index contributed by atoms with van der Waals surface area (Å²) < 4.78 is 5.92. The third-order valence-electron chi connectivity index (χ3n) is 4.34. The van der Waals surface area contributed by atoms with E-state index < -0.39 is 6.10 Å². The van der Waals surface area contributed by atoms with Gasteiger partial charge < -0.3 is 9.64 Å². The molecule has 0 aliphatic carbocycles. The molecule has 0 N–H and O–H groups in total. The first-order valence-corrected chi connectivity index (χ1v) is 8.33. The molecule has 0 bridgehead atoms. The summed E-state index contributed by atoms with van der Waals surface area (Å²) in [6, 6.07) is 19.8. The van der Waals surface area contributed by atoms with Gasteiger partial charge in [-0.3, -0.25) is 4.79 Å². The van der Waals surface area contributed by atoms with Gasteiger partial charge in [0.1, 0.15) is 0 Å². The second-order valence-corrected chi connectivity index (χ2v) is 6.13. The van der Waals surface area contributed by atoms with Gasteiger partial charge in [-0.25, -0.2) is 0 Å². The Morgan fingerprint density at radius 3 is 2.44 bits per heavy atom. The third-order valence-corrected chi connectivity index (χ3v) is 4.34. The van der Waals surface area contributed by atoms with Crippen molar-refractivity contribution in [3.63, 3.8) is 0 Å². The maximum absolute atomic E-state index is 12.4. The van der Waals surface area contributed by atoms with Crippen molar-refractivity contribution in [2.24, 2.45) is 0 Å². The molecule has 2 atom stereocenters. The number of hydrogen-bond acceptors (Lipinski definition) is 2. The molecule has 0 aromatic heterocycles. The molecule has 25 heavy (non-hydrogen) atoms. The maximum Gasteiger partial charge on any atom is 0.255 e. The van der Waals surface area contributed by atoms with E-state index >= 15 is 0 Å². The molecule has 1 saturated heterocycles. The smallest absolute Gasteiger partial charge is 0.255 e. The first kappa shape index (κ1) is 17.0. The predicted molar refractivity (Wildman–Crippen MR) is 99.4 cm³/mol. The van der Waals surface area contributed by atoms with Crippen LogP contribution in [0.5, 0.6) is 0 Å². The lowest BCUT2D eigenvalue weighted by Crippen LogP contribution is -2.66. The van der Waals surface area contributed by atoms with E-state index in [0.29, 0.717) is 13.2 Å². The molecule has 1 aliphatic rings. The van der Waals surface area contributed by atoms with E-state index in [-0.39, 0.29) is 11.9 Å². The minimum absolute atomic E-state index is 0.0420. The molecule has 1 amide bonds. The number of rotatable bonds is 6. The van der Waals surface area contributed by atoms with Gasteiger partial charge in [-0.15, -0.1) is 6.42 Å². The number of likely N-dealkylation sites (tertiary alicyclic amines) is 1. The summed E-state index contributed by atoms with van der Waals surface area (Å²) in [5.41, 5.74) is 3.22. The molecule has 2 aromatic rings. The summed E-state index contributed by atoms with van der Waals surface area (Å²) in [5, 5.41) is 0. The lowest BCUT2D eigenvalue weighted by molar-refractivity contribution is -0.170. The molecule has 1 aliphatic heterocycles. The monoisotopic (exact) mass is 331 g/mol.